The zero-order valence-corrected chi connectivity index (χ0v) is 15.2. The summed E-state index contributed by atoms with van der Waals surface area (Å²) in [5.74, 6) is 0.891. The topological polar surface area (TPSA) is 55.1 Å². The summed E-state index contributed by atoms with van der Waals surface area (Å²) in [4.78, 5) is 17.8. The molecule has 140 valence electrons. The number of nitrogens with zero attached hydrogens (tertiary/aromatic N) is 2. The first kappa shape index (κ1) is 16.0. The van der Waals surface area contributed by atoms with E-state index in [9.17, 15) is 14.3 Å². The van der Waals surface area contributed by atoms with E-state index in [0.717, 1.165) is 43.4 Å². The maximum Gasteiger partial charge on any atom is 0.141 e. The van der Waals surface area contributed by atoms with Crippen molar-refractivity contribution in [2.45, 2.75) is 56.6 Å². The maximum atomic E-state index is 14.7. The molecular weight excluding hydrogens is 343 g/mol. The molecule has 5 heteroatoms. The van der Waals surface area contributed by atoms with E-state index < -0.39 is 11.0 Å². The molecule has 4 bridgehead atoms. The van der Waals surface area contributed by atoms with Crippen LogP contribution >= 0.6 is 0 Å². The van der Waals surface area contributed by atoms with Crippen molar-refractivity contribution in [2.24, 2.45) is 17.3 Å². The number of carbonyl (C=O) groups excluding carboxylic acids is 1. The fourth-order valence-electron chi connectivity index (χ4n) is 7.13. The van der Waals surface area contributed by atoms with Gasteiger partial charge in [0.05, 0.1) is 29.9 Å². The van der Waals surface area contributed by atoms with Crippen LogP contribution in [0.15, 0.2) is 30.7 Å². The minimum Gasteiger partial charge on any atom is -0.390 e. The van der Waals surface area contributed by atoms with Crippen molar-refractivity contribution in [1.29, 1.82) is 0 Å². The van der Waals surface area contributed by atoms with Crippen LogP contribution in [0.5, 0.6) is 0 Å². The number of halogens is 1. The lowest BCUT2D eigenvalue weighted by Crippen LogP contribution is -2.58. The minimum absolute atomic E-state index is 0.204. The molecule has 4 fully saturated rings. The van der Waals surface area contributed by atoms with Crippen LogP contribution in [-0.2, 0) is 4.79 Å². The van der Waals surface area contributed by atoms with E-state index in [0.29, 0.717) is 23.8 Å². The highest BCUT2D eigenvalue weighted by atomic mass is 19.1. The van der Waals surface area contributed by atoms with E-state index >= 15 is 0 Å². The number of rotatable bonds is 3. The summed E-state index contributed by atoms with van der Waals surface area (Å²) in [5.41, 5.74) is 1.28. The van der Waals surface area contributed by atoms with Crippen molar-refractivity contribution < 1.29 is 14.3 Å². The Balaban J connectivity index is 1.37. The van der Waals surface area contributed by atoms with Crippen LogP contribution in [0.4, 0.5) is 4.39 Å². The van der Waals surface area contributed by atoms with Gasteiger partial charge in [-0.15, -0.1) is 0 Å². The van der Waals surface area contributed by atoms with Crippen molar-refractivity contribution in [3.63, 3.8) is 0 Å². The molecule has 1 N–H and O–H groups in total. The molecule has 2 heterocycles. The summed E-state index contributed by atoms with van der Waals surface area (Å²) in [7, 11) is 0. The molecule has 3 atom stereocenters. The Kier molecular flexibility index (Phi) is 3.01. The van der Waals surface area contributed by atoms with Crippen LogP contribution in [0, 0.1) is 23.1 Å². The average Bonchev–Trinajstić information content (AvgIpc) is 3.16. The molecule has 0 saturated heterocycles. The largest absolute Gasteiger partial charge is 0.390 e. The van der Waals surface area contributed by atoms with Crippen molar-refractivity contribution in [1.82, 2.24) is 9.55 Å². The van der Waals surface area contributed by atoms with Crippen molar-refractivity contribution in [3.05, 3.63) is 42.1 Å². The molecular formula is C22H23FN2O2. The quantitative estimate of drug-likeness (QED) is 0.897. The maximum absolute atomic E-state index is 14.7. The third kappa shape index (κ3) is 2.12. The highest BCUT2D eigenvalue weighted by Gasteiger charge is 2.60. The first-order chi connectivity index (χ1) is 13.0. The van der Waals surface area contributed by atoms with E-state index in [1.807, 2.05) is 10.6 Å². The molecule has 0 spiro atoms. The number of hydrogen-bond acceptors (Lipinski definition) is 3. The number of Topliss-reactive ketones (excluding diaryl/α,β-unsaturated/α-hetero) is 1. The highest BCUT2D eigenvalue weighted by molar-refractivity contribution is 5.87. The lowest BCUT2D eigenvalue weighted by Gasteiger charge is -2.59. The van der Waals surface area contributed by atoms with E-state index in [4.69, 9.17) is 0 Å². The predicted octanol–water partition coefficient (Wildman–Crippen LogP) is 3.88. The monoisotopic (exact) mass is 366 g/mol. The smallest absolute Gasteiger partial charge is 0.141 e. The molecule has 0 amide bonds. The van der Waals surface area contributed by atoms with Gasteiger partial charge in [-0.3, -0.25) is 4.79 Å². The summed E-state index contributed by atoms with van der Waals surface area (Å²) < 4.78 is 16.6. The lowest BCUT2D eigenvalue weighted by molar-refractivity contribution is -0.176. The standard InChI is InChI=1S/C22H23FN2O2/c23-16-3-1-2-15-18-10-24-12-25(18)17(20(15)16)5-19(26)21-6-13-4-14(7-21)9-22(27,8-13)11-21/h1-3,10,12-14,17,27H,4-9,11H2. The summed E-state index contributed by atoms with van der Waals surface area (Å²) in [6.07, 6.45) is 9.00. The fourth-order valence-corrected chi connectivity index (χ4v) is 7.13. The summed E-state index contributed by atoms with van der Waals surface area (Å²) in [6.45, 7) is 0. The first-order valence-electron chi connectivity index (χ1n) is 10.0. The number of ketones is 1. The molecule has 4 nitrogen and oxygen atoms in total. The second-order valence-corrected chi connectivity index (χ2v) is 9.50. The molecule has 3 unspecified atom stereocenters. The molecule has 1 aromatic carbocycles. The molecule has 7 rings (SSSR count). The Morgan fingerprint density at radius 2 is 2.04 bits per heavy atom. The number of benzene rings is 1. The number of aromatic nitrogens is 2. The van der Waals surface area contributed by atoms with Crippen molar-refractivity contribution in [2.75, 3.05) is 0 Å². The van der Waals surface area contributed by atoms with Gasteiger partial charge < -0.3 is 9.67 Å². The molecule has 1 aliphatic heterocycles. The normalized spacial score (nSPS) is 38.1. The second kappa shape index (κ2) is 5.07. The van der Waals surface area contributed by atoms with Crippen LogP contribution in [0.3, 0.4) is 0 Å². The fraction of sp³-hybridized carbons (Fsp3) is 0.545. The first-order valence-corrected chi connectivity index (χ1v) is 10.0. The Morgan fingerprint density at radius 3 is 2.78 bits per heavy atom. The lowest BCUT2D eigenvalue weighted by atomic mass is 9.46. The Bertz CT molecular complexity index is 951. The summed E-state index contributed by atoms with van der Waals surface area (Å²) >= 11 is 0. The van der Waals surface area contributed by atoms with Crippen molar-refractivity contribution >= 4 is 5.78 Å². The van der Waals surface area contributed by atoms with E-state index in [2.05, 4.69) is 4.98 Å². The Hall–Kier alpha value is -2.01. The van der Waals surface area contributed by atoms with Gasteiger partial charge in [0.15, 0.2) is 0 Å². The van der Waals surface area contributed by atoms with Gasteiger partial charge in [0.2, 0.25) is 0 Å². The van der Waals surface area contributed by atoms with Gasteiger partial charge >= 0.3 is 0 Å². The van der Waals surface area contributed by atoms with Gasteiger partial charge in [-0.25, -0.2) is 9.37 Å². The van der Waals surface area contributed by atoms with Crippen molar-refractivity contribution in [3.8, 4) is 11.3 Å². The zero-order chi connectivity index (χ0) is 18.4. The predicted molar refractivity (Wildman–Crippen MR) is 97.4 cm³/mol. The third-order valence-electron chi connectivity index (χ3n) is 7.66. The van der Waals surface area contributed by atoms with Crippen LogP contribution in [-0.4, -0.2) is 26.0 Å². The molecule has 4 aliphatic carbocycles. The van der Waals surface area contributed by atoms with Gasteiger partial charge in [0.1, 0.15) is 11.6 Å². The van der Waals surface area contributed by atoms with Gasteiger partial charge in [-0.1, -0.05) is 12.1 Å². The molecule has 5 aliphatic rings. The Morgan fingerprint density at radius 1 is 1.26 bits per heavy atom. The molecule has 0 radical (unpaired) electrons. The third-order valence-corrected chi connectivity index (χ3v) is 7.66. The van der Waals surface area contributed by atoms with Crippen LogP contribution in [0.1, 0.15) is 56.6 Å². The SMILES string of the molecule is O=C(CC1c2c(F)cccc2-c2cncn21)C12CC3CC(CC(O)(C3)C1)C2. The van der Waals surface area contributed by atoms with Gasteiger partial charge in [0.25, 0.3) is 0 Å². The van der Waals surface area contributed by atoms with Gasteiger partial charge in [-0.05, 0) is 56.4 Å². The molecule has 2 aromatic rings. The number of carbonyl (C=O) groups is 1. The van der Waals surface area contributed by atoms with Crippen LogP contribution in [0.2, 0.25) is 0 Å². The number of imidazole rings is 1. The molecule has 27 heavy (non-hydrogen) atoms. The number of hydrogen-bond donors (Lipinski definition) is 1. The van der Waals surface area contributed by atoms with E-state index in [1.165, 1.54) is 6.07 Å². The highest BCUT2D eigenvalue weighted by Crippen LogP contribution is 2.62. The van der Waals surface area contributed by atoms with Crippen LogP contribution < -0.4 is 0 Å². The van der Waals surface area contributed by atoms with E-state index in [1.54, 1.807) is 18.6 Å². The number of fused-ring (bicyclic) bond motifs is 3. The second-order valence-electron chi connectivity index (χ2n) is 9.50. The summed E-state index contributed by atoms with van der Waals surface area (Å²) in [5, 5.41) is 11.0. The minimum atomic E-state index is -0.654. The molecule has 1 aromatic heterocycles. The average molecular weight is 366 g/mol. The van der Waals surface area contributed by atoms with E-state index in [-0.39, 0.29) is 24.1 Å². The number of aliphatic hydroxyl groups is 1. The van der Waals surface area contributed by atoms with Gasteiger partial charge in [-0.2, -0.15) is 0 Å². The van der Waals surface area contributed by atoms with Gasteiger partial charge in [0, 0.05) is 23.0 Å². The Labute approximate surface area is 157 Å². The summed E-state index contributed by atoms with van der Waals surface area (Å²) in [6, 6.07) is 4.77. The van der Waals surface area contributed by atoms with Crippen LogP contribution in [0.25, 0.3) is 11.3 Å². The molecule has 4 saturated carbocycles. The zero-order valence-electron chi connectivity index (χ0n) is 15.2.